The lowest BCUT2D eigenvalue weighted by Gasteiger charge is -2.10. The molecule has 1 amide bonds. The Morgan fingerprint density at radius 1 is 0.939 bits per heavy atom. The lowest BCUT2D eigenvalue weighted by Crippen LogP contribution is -2.19. The molecule has 33 heavy (non-hydrogen) atoms. The number of anilines is 1. The zero-order valence-corrected chi connectivity index (χ0v) is 19.1. The molecule has 5 heteroatoms. The lowest BCUT2D eigenvalue weighted by atomic mass is 9.97. The molecule has 0 saturated heterocycles. The maximum Gasteiger partial charge on any atom is 0.256 e. The van der Waals surface area contributed by atoms with Gasteiger partial charge in [0.25, 0.3) is 5.91 Å². The molecule has 166 valence electrons. The number of carbonyl (C=O) groups excluding carboxylic acids is 1. The van der Waals surface area contributed by atoms with Crippen LogP contribution in [-0.2, 0) is 4.79 Å². The molecule has 5 nitrogen and oxygen atoms in total. The molecule has 0 spiro atoms. The second-order valence-corrected chi connectivity index (χ2v) is 8.66. The number of nitrogens with zero attached hydrogens (tertiary/aromatic N) is 1. The third-order valence-electron chi connectivity index (χ3n) is 6.05. The number of amides is 1. The van der Waals surface area contributed by atoms with Gasteiger partial charge in [-0.15, -0.1) is 0 Å². The van der Waals surface area contributed by atoms with E-state index in [1.165, 1.54) is 0 Å². The largest absolute Gasteiger partial charge is 0.492 e. The maximum absolute atomic E-state index is 12.9. The van der Waals surface area contributed by atoms with E-state index in [9.17, 15) is 4.79 Å². The number of fused-ring (bicyclic) bond motifs is 2. The Labute approximate surface area is 193 Å². The molecule has 0 bridgehead atoms. The van der Waals surface area contributed by atoms with Crippen LogP contribution in [0.2, 0.25) is 0 Å². The number of aromatic nitrogens is 1. The lowest BCUT2D eigenvalue weighted by molar-refractivity contribution is -0.110. The number of rotatable bonds is 6. The first-order valence-corrected chi connectivity index (χ1v) is 11.1. The molecule has 0 saturated carbocycles. The number of likely N-dealkylation sites (N-methyl/N-ethyl adjacent to an activating group) is 1. The fourth-order valence-electron chi connectivity index (χ4n) is 4.24. The van der Waals surface area contributed by atoms with E-state index in [0.29, 0.717) is 12.2 Å². The van der Waals surface area contributed by atoms with Gasteiger partial charge >= 0.3 is 0 Å². The average Bonchev–Trinajstić information content (AvgIpc) is 3.38. The first kappa shape index (κ1) is 21.0. The number of carbonyl (C=O) groups is 1. The Balaban J connectivity index is 1.47. The van der Waals surface area contributed by atoms with Gasteiger partial charge in [-0.1, -0.05) is 42.5 Å². The van der Waals surface area contributed by atoms with Crippen molar-refractivity contribution in [3.8, 4) is 16.9 Å². The molecule has 2 N–H and O–H groups in total. The quantitative estimate of drug-likeness (QED) is 0.383. The third-order valence-corrected chi connectivity index (χ3v) is 6.05. The highest BCUT2D eigenvalue weighted by molar-refractivity contribution is 6.36. The van der Waals surface area contributed by atoms with E-state index in [1.807, 2.05) is 69.6 Å². The second kappa shape index (κ2) is 8.60. The van der Waals surface area contributed by atoms with Crippen molar-refractivity contribution in [3.05, 3.63) is 84.1 Å². The summed E-state index contributed by atoms with van der Waals surface area (Å²) in [5.74, 6) is 0.775. The van der Waals surface area contributed by atoms with E-state index in [0.717, 1.165) is 56.8 Å². The Kier molecular flexibility index (Phi) is 5.48. The predicted molar refractivity (Wildman–Crippen MR) is 135 cm³/mol. The third kappa shape index (κ3) is 4.15. The Bertz CT molecular complexity index is 1370. The first-order chi connectivity index (χ1) is 16.0. The number of aromatic amines is 1. The molecular weight excluding hydrogens is 410 g/mol. The van der Waals surface area contributed by atoms with Crippen LogP contribution >= 0.6 is 0 Å². The van der Waals surface area contributed by atoms with Gasteiger partial charge < -0.3 is 19.9 Å². The summed E-state index contributed by atoms with van der Waals surface area (Å²) < 4.78 is 5.87. The van der Waals surface area contributed by atoms with Gasteiger partial charge in [-0.05, 0) is 68.1 Å². The van der Waals surface area contributed by atoms with Crippen LogP contribution in [-0.4, -0.2) is 43.0 Å². The van der Waals surface area contributed by atoms with Gasteiger partial charge in [-0.3, -0.25) is 4.79 Å². The zero-order valence-electron chi connectivity index (χ0n) is 19.1. The summed E-state index contributed by atoms with van der Waals surface area (Å²) in [5, 5.41) is 4.11. The molecule has 1 aliphatic heterocycles. The van der Waals surface area contributed by atoms with Crippen LogP contribution in [0.25, 0.3) is 33.2 Å². The molecule has 4 aromatic rings. The topological polar surface area (TPSA) is 57.4 Å². The highest BCUT2D eigenvalue weighted by atomic mass is 16.5. The van der Waals surface area contributed by atoms with Crippen LogP contribution in [0.5, 0.6) is 5.75 Å². The normalized spacial score (nSPS) is 14.5. The Hall–Kier alpha value is -3.83. The molecule has 0 aliphatic carbocycles. The van der Waals surface area contributed by atoms with E-state index in [1.54, 1.807) is 0 Å². The first-order valence-electron chi connectivity index (χ1n) is 11.1. The molecule has 2 heterocycles. The average molecular weight is 438 g/mol. The second-order valence-electron chi connectivity index (χ2n) is 8.66. The molecule has 1 aromatic heterocycles. The number of benzene rings is 3. The number of hydrogen-bond donors (Lipinski definition) is 2. The summed E-state index contributed by atoms with van der Waals surface area (Å²) in [6.07, 6.45) is 0. The van der Waals surface area contributed by atoms with Crippen molar-refractivity contribution in [2.75, 3.05) is 32.6 Å². The van der Waals surface area contributed by atoms with Crippen LogP contribution in [0.1, 0.15) is 18.2 Å². The summed E-state index contributed by atoms with van der Waals surface area (Å²) >= 11 is 0. The van der Waals surface area contributed by atoms with Crippen LogP contribution < -0.4 is 10.1 Å². The molecule has 0 unspecified atom stereocenters. The molecule has 1 aliphatic rings. The highest BCUT2D eigenvalue weighted by Gasteiger charge is 2.27. The molecule has 0 fully saturated rings. The van der Waals surface area contributed by atoms with Crippen molar-refractivity contribution in [1.82, 2.24) is 9.88 Å². The monoisotopic (exact) mass is 437 g/mol. The minimum absolute atomic E-state index is 0.0703. The molecule has 0 atom stereocenters. The van der Waals surface area contributed by atoms with Gasteiger partial charge in [0.2, 0.25) is 0 Å². The van der Waals surface area contributed by atoms with Gasteiger partial charge in [-0.2, -0.15) is 0 Å². The fourth-order valence-corrected chi connectivity index (χ4v) is 4.24. The van der Waals surface area contributed by atoms with Crippen LogP contribution in [0.15, 0.2) is 72.8 Å². The van der Waals surface area contributed by atoms with Crippen molar-refractivity contribution in [2.24, 2.45) is 0 Å². The molecular formula is C28H27N3O2. The van der Waals surface area contributed by atoms with E-state index >= 15 is 0 Å². The van der Waals surface area contributed by atoms with Gasteiger partial charge in [-0.25, -0.2) is 0 Å². The zero-order chi connectivity index (χ0) is 22.9. The minimum atomic E-state index is -0.0703. The van der Waals surface area contributed by atoms with Crippen LogP contribution in [0.4, 0.5) is 5.69 Å². The maximum atomic E-state index is 12.9. The van der Waals surface area contributed by atoms with Crippen molar-refractivity contribution >= 4 is 33.6 Å². The van der Waals surface area contributed by atoms with Crippen molar-refractivity contribution < 1.29 is 9.53 Å². The van der Waals surface area contributed by atoms with Gasteiger partial charge in [0.1, 0.15) is 12.4 Å². The van der Waals surface area contributed by atoms with Crippen LogP contribution in [0, 0.1) is 0 Å². The van der Waals surface area contributed by atoms with E-state index in [-0.39, 0.29) is 5.91 Å². The number of nitrogens with one attached hydrogen (secondary N) is 2. The highest BCUT2D eigenvalue weighted by Crippen LogP contribution is 2.39. The summed E-state index contributed by atoms with van der Waals surface area (Å²) in [7, 11) is 4.06. The van der Waals surface area contributed by atoms with Gasteiger partial charge in [0.15, 0.2) is 0 Å². The van der Waals surface area contributed by atoms with Crippen molar-refractivity contribution in [2.45, 2.75) is 6.92 Å². The summed E-state index contributed by atoms with van der Waals surface area (Å²) in [6.45, 7) is 3.50. The number of ether oxygens (including phenoxy) is 1. The fraction of sp³-hybridized carbons (Fsp3) is 0.179. The Morgan fingerprint density at radius 2 is 1.76 bits per heavy atom. The summed E-state index contributed by atoms with van der Waals surface area (Å²) in [4.78, 5) is 18.5. The van der Waals surface area contributed by atoms with E-state index < -0.39 is 0 Å². The van der Waals surface area contributed by atoms with E-state index in [2.05, 4.69) is 39.5 Å². The van der Waals surface area contributed by atoms with Crippen molar-refractivity contribution in [3.63, 3.8) is 0 Å². The molecule has 5 rings (SSSR count). The Morgan fingerprint density at radius 3 is 2.55 bits per heavy atom. The number of H-pyrrole nitrogens is 1. The SMILES string of the molecule is C/C(=C1/C(=O)Nc2cc(-c3ccccc3)ccc21)c1cc2cc(OCCN(C)C)ccc2[nH]1. The van der Waals surface area contributed by atoms with Gasteiger partial charge in [0.05, 0.1) is 5.57 Å². The molecule has 0 radical (unpaired) electrons. The predicted octanol–water partition coefficient (Wildman–Crippen LogP) is 5.66. The number of hydrogen-bond acceptors (Lipinski definition) is 3. The minimum Gasteiger partial charge on any atom is -0.492 e. The van der Waals surface area contributed by atoms with Gasteiger partial charge in [0, 0.05) is 34.4 Å². The summed E-state index contributed by atoms with van der Waals surface area (Å²) in [6, 6.07) is 24.5. The van der Waals surface area contributed by atoms with E-state index in [4.69, 9.17) is 4.74 Å². The van der Waals surface area contributed by atoms with Crippen molar-refractivity contribution in [1.29, 1.82) is 0 Å². The molecule has 3 aromatic carbocycles. The van der Waals surface area contributed by atoms with Crippen LogP contribution in [0.3, 0.4) is 0 Å². The smallest absolute Gasteiger partial charge is 0.256 e. The summed E-state index contributed by atoms with van der Waals surface area (Å²) in [5.41, 5.74) is 7.57. The standard InChI is InChI=1S/C28H27N3O2/c1-18(25-17-21-15-22(10-12-24(21)29-25)33-14-13-31(2)3)27-23-11-9-20(16-26(23)30-28(27)32)19-7-5-4-6-8-19/h4-12,15-17,29H,13-14H2,1-3H3,(H,30,32)/b27-18-. The number of allylic oxidation sites excluding steroid dienone is 1.